The Morgan fingerprint density at radius 3 is 2.65 bits per heavy atom. The first-order chi connectivity index (χ1) is 12.5. The van der Waals surface area contributed by atoms with Crippen LogP contribution in [0.2, 0.25) is 0 Å². The van der Waals surface area contributed by atoms with Crippen LogP contribution in [0.3, 0.4) is 0 Å². The number of hydrogen-bond acceptors (Lipinski definition) is 5. The van der Waals surface area contributed by atoms with Gasteiger partial charge in [-0.25, -0.2) is 4.98 Å². The van der Waals surface area contributed by atoms with Crippen molar-refractivity contribution >= 4 is 17.6 Å². The Kier molecular flexibility index (Phi) is 6.08. The number of rotatable bonds is 5. The van der Waals surface area contributed by atoms with Gasteiger partial charge >= 0.3 is 0 Å². The van der Waals surface area contributed by atoms with Crippen LogP contribution in [0.4, 0.5) is 5.82 Å². The van der Waals surface area contributed by atoms with E-state index in [4.69, 9.17) is 0 Å². The van der Waals surface area contributed by atoms with Gasteiger partial charge in [-0.2, -0.15) is 0 Å². The summed E-state index contributed by atoms with van der Waals surface area (Å²) in [6.07, 6.45) is 4.72. The van der Waals surface area contributed by atoms with E-state index in [0.717, 1.165) is 38.3 Å². The van der Waals surface area contributed by atoms with Crippen LogP contribution in [0.5, 0.6) is 0 Å². The van der Waals surface area contributed by atoms with E-state index in [9.17, 15) is 9.59 Å². The van der Waals surface area contributed by atoms with E-state index in [1.165, 1.54) is 5.56 Å². The molecular weight excluding hydrogens is 330 g/mol. The molecule has 1 atom stereocenters. The Morgan fingerprint density at radius 2 is 2.04 bits per heavy atom. The number of anilines is 1. The molecule has 1 aromatic rings. The number of aromatic nitrogens is 1. The van der Waals surface area contributed by atoms with Gasteiger partial charge < -0.3 is 20.0 Å². The van der Waals surface area contributed by atoms with Gasteiger partial charge in [0.15, 0.2) is 0 Å². The number of piperazine rings is 1. The molecule has 2 aliphatic heterocycles. The molecule has 26 heavy (non-hydrogen) atoms. The number of amides is 2. The third-order valence-corrected chi connectivity index (χ3v) is 5.01. The van der Waals surface area contributed by atoms with E-state index < -0.39 is 0 Å². The van der Waals surface area contributed by atoms with Crippen molar-refractivity contribution in [3.8, 4) is 0 Å². The highest BCUT2D eigenvalue weighted by molar-refractivity contribution is 5.80. The van der Waals surface area contributed by atoms with Crippen LogP contribution in [0.1, 0.15) is 31.2 Å². The lowest BCUT2D eigenvalue weighted by Crippen LogP contribution is -2.51. The zero-order valence-corrected chi connectivity index (χ0v) is 15.8. The molecule has 1 N–H and O–H groups in total. The Balaban J connectivity index is 1.47. The normalized spacial score (nSPS) is 21.0. The van der Waals surface area contributed by atoms with Crippen molar-refractivity contribution in [2.75, 3.05) is 45.2 Å². The SMILES string of the molecule is CN(C)Cc1ccc(N2CCN(C(=O)CC3CCCC(=O)N3)CC2)nc1. The number of nitrogens with one attached hydrogen (secondary N) is 1. The molecule has 2 amide bonds. The van der Waals surface area contributed by atoms with Gasteiger partial charge in [-0.15, -0.1) is 0 Å². The number of carbonyl (C=O) groups excluding carboxylic acids is 2. The van der Waals surface area contributed by atoms with Crippen molar-refractivity contribution in [3.63, 3.8) is 0 Å². The van der Waals surface area contributed by atoms with Crippen molar-refractivity contribution in [1.82, 2.24) is 20.1 Å². The number of nitrogens with zero attached hydrogens (tertiary/aromatic N) is 4. The number of piperidine rings is 1. The van der Waals surface area contributed by atoms with Crippen molar-refractivity contribution in [2.24, 2.45) is 0 Å². The molecule has 7 nitrogen and oxygen atoms in total. The molecule has 0 aliphatic carbocycles. The van der Waals surface area contributed by atoms with Crippen molar-refractivity contribution in [3.05, 3.63) is 23.9 Å². The summed E-state index contributed by atoms with van der Waals surface area (Å²) < 4.78 is 0. The third kappa shape index (κ3) is 4.94. The highest BCUT2D eigenvalue weighted by atomic mass is 16.2. The van der Waals surface area contributed by atoms with Crippen molar-refractivity contribution in [1.29, 1.82) is 0 Å². The predicted octanol–water partition coefficient (Wildman–Crippen LogP) is 0.851. The summed E-state index contributed by atoms with van der Waals surface area (Å²) in [6.45, 7) is 3.89. The zero-order chi connectivity index (χ0) is 18.5. The first-order valence-electron chi connectivity index (χ1n) is 9.43. The Labute approximate surface area is 155 Å². The molecule has 0 bridgehead atoms. The number of carbonyl (C=O) groups is 2. The largest absolute Gasteiger partial charge is 0.353 e. The minimum Gasteiger partial charge on any atom is -0.353 e. The Hall–Kier alpha value is -2.15. The minimum absolute atomic E-state index is 0.00712. The number of hydrogen-bond donors (Lipinski definition) is 1. The molecule has 2 fully saturated rings. The molecule has 142 valence electrons. The van der Waals surface area contributed by atoms with Crippen LogP contribution in [-0.2, 0) is 16.1 Å². The van der Waals surface area contributed by atoms with Crippen molar-refractivity contribution in [2.45, 2.75) is 38.3 Å². The summed E-state index contributed by atoms with van der Waals surface area (Å²) in [6, 6.07) is 4.19. The molecule has 0 aromatic carbocycles. The molecule has 1 unspecified atom stereocenters. The Bertz CT molecular complexity index is 623. The van der Waals surface area contributed by atoms with E-state index in [1.807, 2.05) is 25.2 Å². The van der Waals surface area contributed by atoms with Gasteiger partial charge in [-0.1, -0.05) is 6.07 Å². The quantitative estimate of drug-likeness (QED) is 0.844. The van der Waals surface area contributed by atoms with Crippen LogP contribution in [0.15, 0.2) is 18.3 Å². The average molecular weight is 359 g/mol. The monoisotopic (exact) mass is 359 g/mol. The van der Waals surface area contributed by atoms with Gasteiger partial charge in [0.2, 0.25) is 11.8 Å². The highest BCUT2D eigenvalue weighted by Gasteiger charge is 2.26. The molecular formula is C19H29N5O2. The molecule has 0 radical (unpaired) electrons. The second-order valence-electron chi connectivity index (χ2n) is 7.49. The van der Waals surface area contributed by atoms with Gasteiger partial charge in [0, 0.05) is 57.8 Å². The van der Waals surface area contributed by atoms with Gasteiger partial charge in [0.05, 0.1) is 0 Å². The van der Waals surface area contributed by atoms with Gasteiger partial charge in [-0.05, 0) is 38.6 Å². The Morgan fingerprint density at radius 1 is 1.27 bits per heavy atom. The average Bonchev–Trinajstić information content (AvgIpc) is 2.62. The fourth-order valence-electron chi connectivity index (χ4n) is 3.62. The molecule has 2 saturated heterocycles. The fourth-order valence-corrected chi connectivity index (χ4v) is 3.62. The minimum atomic E-state index is 0.00712. The fraction of sp³-hybridized carbons (Fsp3) is 0.632. The first-order valence-corrected chi connectivity index (χ1v) is 9.43. The number of pyridine rings is 1. The van der Waals surface area contributed by atoms with Gasteiger partial charge in [0.1, 0.15) is 5.82 Å². The molecule has 2 aliphatic rings. The first kappa shape index (κ1) is 18.6. The zero-order valence-electron chi connectivity index (χ0n) is 15.8. The van der Waals surface area contributed by atoms with E-state index in [0.29, 0.717) is 25.9 Å². The second kappa shape index (κ2) is 8.49. The topological polar surface area (TPSA) is 68.8 Å². The molecule has 0 saturated carbocycles. The lowest BCUT2D eigenvalue weighted by atomic mass is 10.0. The molecule has 0 spiro atoms. The lowest BCUT2D eigenvalue weighted by molar-refractivity contribution is -0.132. The van der Waals surface area contributed by atoms with Crippen LogP contribution in [0.25, 0.3) is 0 Å². The second-order valence-corrected chi connectivity index (χ2v) is 7.49. The van der Waals surface area contributed by atoms with Crippen LogP contribution in [-0.4, -0.2) is 72.9 Å². The van der Waals surface area contributed by atoms with Gasteiger partial charge in [-0.3, -0.25) is 9.59 Å². The summed E-state index contributed by atoms with van der Waals surface area (Å²) in [5, 5.41) is 2.93. The summed E-state index contributed by atoms with van der Waals surface area (Å²) in [5.74, 6) is 1.19. The maximum atomic E-state index is 12.5. The maximum absolute atomic E-state index is 12.5. The van der Waals surface area contributed by atoms with Crippen molar-refractivity contribution < 1.29 is 9.59 Å². The van der Waals surface area contributed by atoms with E-state index >= 15 is 0 Å². The maximum Gasteiger partial charge on any atom is 0.224 e. The third-order valence-electron chi connectivity index (χ3n) is 5.01. The standard InChI is InChI=1S/C19H29N5O2/c1-22(2)14-15-6-7-17(20-13-15)23-8-10-24(11-9-23)19(26)12-16-4-3-5-18(25)21-16/h6-7,13,16H,3-5,8-12,14H2,1-2H3,(H,21,25). The highest BCUT2D eigenvalue weighted by Crippen LogP contribution is 2.17. The summed E-state index contributed by atoms with van der Waals surface area (Å²) >= 11 is 0. The van der Waals surface area contributed by atoms with Gasteiger partial charge in [0.25, 0.3) is 0 Å². The summed E-state index contributed by atoms with van der Waals surface area (Å²) in [4.78, 5) is 34.8. The molecule has 3 rings (SSSR count). The summed E-state index contributed by atoms with van der Waals surface area (Å²) in [7, 11) is 4.09. The van der Waals surface area contributed by atoms with E-state index in [2.05, 4.69) is 32.2 Å². The van der Waals surface area contributed by atoms with Crippen LogP contribution < -0.4 is 10.2 Å². The lowest BCUT2D eigenvalue weighted by Gasteiger charge is -2.36. The van der Waals surface area contributed by atoms with Crippen LogP contribution in [0, 0.1) is 0 Å². The molecule has 1 aromatic heterocycles. The predicted molar refractivity (Wildman–Crippen MR) is 101 cm³/mol. The smallest absolute Gasteiger partial charge is 0.224 e. The van der Waals surface area contributed by atoms with Crippen LogP contribution >= 0.6 is 0 Å². The van der Waals surface area contributed by atoms with E-state index in [1.54, 1.807) is 0 Å². The van der Waals surface area contributed by atoms with E-state index in [-0.39, 0.29) is 17.9 Å². The molecule has 3 heterocycles. The molecule has 7 heteroatoms. The summed E-state index contributed by atoms with van der Waals surface area (Å²) in [5.41, 5.74) is 1.20.